The number of rotatable bonds is 4. The quantitative estimate of drug-likeness (QED) is 0.886. The van der Waals surface area contributed by atoms with E-state index in [0.717, 1.165) is 18.4 Å². The predicted molar refractivity (Wildman–Crippen MR) is 77.8 cm³/mol. The fourth-order valence-electron chi connectivity index (χ4n) is 2.93. The number of nitrogens with one attached hydrogen (secondary N) is 1. The molecule has 3 N–H and O–H groups in total. The highest BCUT2D eigenvalue weighted by Gasteiger charge is 2.32. The molecule has 2 nitrogen and oxygen atoms in total. The van der Waals surface area contributed by atoms with Gasteiger partial charge in [0.05, 0.1) is 0 Å². The second kappa shape index (κ2) is 5.78. The fourth-order valence-corrected chi connectivity index (χ4v) is 3.23. The van der Waals surface area contributed by atoms with Crippen LogP contribution in [0.15, 0.2) is 18.2 Å². The molecule has 0 heterocycles. The van der Waals surface area contributed by atoms with Crippen molar-refractivity contribution < 1.29 is 4.39 Å². The molecule has 1 saturated carbocycles. The Hall–Kier alpha value is -0.640. The molecule has 1 fully saturated rings. The van der Waals surface area contributed by atoms with Crippen molar-refractivity contribution in [2.24, 2.45) is 11.1 Å². The summed E-state index contributed by atoms with van der Waals surface area (Å²) in [5.74, 6) is -0.313. The van der Waals surface area contributed by atoms with E-state index < -0.39 is 0 Å². The highest BCUT2D eigenvalue weighted by molar-refractivity contribution is 6.31. The lowest BCUT2D eigenvalue weighted by Crippen LogP contribution is -2.36. The summed E-state index contributed by atoms with van der Waals surface area (Å²) >= 11 is 6.11. The van der Waals surface area contributed by atoms with E-state index in [9.17, 15) is 4.39 Å². The highest BCUT2D eigenvalue weighted by Crippen LogP contribution is 2.38. The van der Waals surface area contributed by atoms with E-state index in [0.29, 0.717) is 23.0 Å². The standard InChI is InChI=1S/C15H22ClFN2/c1-15(2)6-5-11(8-15)19-14(9-18)12-4-3-10(17)7-13(12)16/h3-4,7,11,14,19H,5-6,8-9,18H2,1-2H3. The lowest BCUT2D eigenvalue weighted by atomic mass is 9.91. The van der Waals surface area contributed by atoms with Gasteiger partial charge < -0.3 is 11.1 Å². The summed E-state index contributed by atoms with van der Waals surface area (Å²) in [7, 11) is 0. The van der Waals surface area contributed by atoms with Crippen molar-refractivity contribution in [2.45, 2.75) is 45.2 Å². The van der Waals surface area contributed by atoms with Crippen molar-refractivity contribution in [3.8, 4) is 0 Å². The summed E-state index contributed by atoms with van der Waals surface area (Å²) in [6, 6.07) is 4.96. The normalized spacial score (nSPS) is 23.5. The zero-order valence-corrected chi connectivity index (χ0v) is 12.3. The van der Waals surface area contributed by atoms with Crippen LogP contribution in [-0.4, -0.2) is 12.6 Å². The van der Waals surface area contributed by atoms with Gasteiger partial charge in [0.1, 0.15) is 5.82 Å². The number of benzene rings is 1. The van der Waals surface area contributed by atoms with Crippen LogP contribution in [0.4, 0.5) is 4.39 Å². The van der Waals surface area contributed by atoms with E-state index in [2.05, 4.69) is 19.2 Å². The van der Waals surface area contributed by atoms with Crippen LogP contribution in [-0.2, 0) is 0 Å². The Kier molecular flexibility index (Phi) is 4.49. The first-order chi connectivity index (χ1) is 8.91. The summed E-state index contributed by atoms with van der Waals surface area (Å²) < 4.78 is 13.1. The molecule has 0 radical (unpaired) electrons. The van der Waals surface area contributed by atoms with E-state index in [1.54, 1.807) is 6.07 Å². The maximum Gasteiger partial charge on any atom is 0.124 e. The third-order valence-electron chi connectivity index (χ3n) is 3.98. The zero-order valence-electron chi connectivity index (χ0n) is 11.5. The zero-order chi connectivity index (χ0) is 14.0. The topological polar surface area (TPSA) is 38.0 Å². The average Bonchev–Trinajstić information content (AvgIpc) is 2.66. The lowest BCUT2D eigenvalue weighted by molar-refractivity contribution is 0.353. The minimum atomic E-state index is -0.313. The van der Waals surface area contributed by atoms with Crippen LogP contribution in [0, 0.1) is 11.2 Å². The average molecular weight is 285 g/mol. The molecule has 1 aromatic rings. The molecule has 19 heavy (non-hydrogen) atoms. The molecule has 1 aliphatic rings. The Bertz CT molecular complexity index is 448. The van der Waals surface area contributed by atoms with E-state index >= 15 is 0 Å². The summed E-state index contributed by atoms with van der Waals surface area (Å²) in [5.41, 5.74) is 7.12. The number of hydrogen-bond acceptors (Lipinski definition) is 2. The molecule has 1 aliphatic carbocycles. The molecular weight excluding hydrogens is 263 g/mol. The third kappa shape index (κ3) is 3.68. The Morgan fingerprint density at radius 2 is 2.26 bits per heavy atom. The first-order valence-electron chi connectivity index (χ1n) is 6.82. The van der Waals surface area contributed by atoms with Crippen LogP contribution in [0.2, 0.25) is 5.02 Å². The molecule has 1 aromatic carbocycles. The maximum atomic E-state index is 13.1. The van der Waals surface area contributed by atoms with Crippen molar-refractivity contribution in [3.63, 3.8) is 0 Å². The second-order valence-electron chi connectivity index (χ2n) is 6.22. The highest BCUT2D eigenvalue weighted by atomic mass is 35.5. The third-order valence-corrected chi connectivity index (χ3v) is 4.31. The first kappa shape index (κ1) is 14.8. The van der Waals surface area contributed by atoms with Gasteiger partial charge in [0, 0.05) is 23.7 Å². The molecule has 0 spiro atoms. The van der Waals surface area contributed by atoms with Gasteiger partial charge in [-0.15, -0.1) is 0 Å². The van der Waals surface area contributed by atoms with Crippen molar-refractivity contribution in [2.75, 3.05) is 6.54 Å². The number of halogens is 2. The minimum absolute atomic E-state index is 0.00741. The van der Waals surface area contributed by atoms with Crippen LogP contribution < -0.4 is 11.1 Å². The van der Waals surface area contributed by atoms with Gasteiger partial charge in [-0.3, -0.25) is 0 Å². The van der Waals surface area contributed by atoms with E-state index in [1.807, 2.05) is 0 Å². The molecule has 0 aliphatic heterocycles. The molecule has 4 heteroatoms. The van der Waals surface area contributed by atoms with Gasteiger partial charge in [-0.1, -0.05) is 31.5 Å². The van der Waals surface area contributed by atoms with E-state index in [4.69, 9.17) is 17.3 Å². The van der Waals surface area contributed by atoms with Crippen LogP contribution >= 0.6 is 11.6 Å². The fraction of sp³-hybridized carbons (Fsp3) is 0.600. The summed E-state index contributed by atoms with van der Waals surface area (Å²) in [4.78, 5) is 0. The van der Waals surface area contributed by atoms with Crippen LogP contribution in [0.3, 0.4) is 0 Å². The van der Waals surface area contributed by atoms with Crippen molar-refractivity contribution >= 4 is 11.6 Å². The lowest BCUT2D eigenvalue weighted by Gasteiger charge is -2.24. The Labute approximate surface area is 119 Å². The summed E-state index contributed by atoms with van der Waals surface area (Å²) in [6.07, 6.45) is 3.52. The van der Waals surface area contributed by atoms with Crippen molar-refractivity contribution in [1.82, 2.24) is 5.32 Å². The van der Waals surface area contributed by atoms with Gasteiger partial charge in [0.15, 0.2) is 0 Å². The molecule has 2 atom stereocenters. The van der Waals surface area contributed by atoms with E-state index in [-0.39, 0.29) is 11.9 Å². The SMILES string of the molecule is CC1(C)CCC(NC(CN)c2ccc(F)cc2Cl)C1. The van der Waals surface area contributed by atoms with Gasteiger partial charge >= 0.3 is 0 Å². The van der Waals surface area contributed by atoms with Gasteiger partial charge in [0.2, 0.25) is 0 Å². The minimum Gasteiger partial charge on any atom is -0.329 e. The molecule has 106 valence electrons. The summed E-state index contributed by atoms with van der Waals surface area (Å²) in [6.45, 7) is 5.04. The second-order valence-corrected chi connectivity index (χ2v) is 6.63. The smallest absolute Gasteiger partial charge is 0.124 e. The van der Waals surface area contributed by atoms with Crippen molar-refractivity contribution in [1.29, 1.82) is 0 Å². The number of hydrogen-bond donors (Lipinski definition) is 2. The van der Waals surface area contributed by atoms with Gasteiger partial charge in [-0.05, 0) is 42.4 Å². The summed E-state index contributed by atoms with van der Waals surface area (Å²) in [5, 5.41) is 4.01. The monoisotopic (exact) mass is 284 g/mol. The Balaban J connectivity index is 2.08. The molecular formula is C15H22ClFN2. The maximum absolute atomic E-state index is 13.1. The molecule has 0 saturated heterocycles. The van der Waals surface area contributed by atoms with Crippen LogP contribution in [0.5, 0.6) is 0 Å². The molecule has 0 aromatic heterocycles. The van der Waals surface area contributed by atoms with Gasteiger partial charge in [-0.2, -0.15) is 0 Å². The first-order valence-corrected chi connectivity index (χ1v) is 7.20. The molecule has 0 bridgehead atoms. The Morgan fingerprint density at radius 3 is 2.79 bits per heavy atom. The van der Waals surface area contributed by atoms with Gasteiger partial charge in [0.25, 0.3) is 0 Å². The van der Waals surface area contributed by atoms with Gasteiger partial charge in [-0.25, -0.2) is 4.39 Å². The van der Waals surface area contributed by atoms with Crippen molar-refractivity contribution in [3.05, 3.63) is 34.6 Å². The molecule has 0 amide bonds. The molecule has 2 rings (SSSR count). The van der Waals surface area contributed by atoms with Crippen LogP contribution in [0.1, 0.15) is 44.7 Å². The largest absolute Gasteiger partial charge is 0.329 e. The number of nitrogens with two attached hydrogens (primary N) is 1. The molecule has 2 unspecified atom stereocenters. The van der Waals surface area contributed by atoms with Crippen LogP contribution in [0.25, 0.3) is 0 Å². The predicted octanol–water partition coefficient (Wildman–Crippen LogP) is 3.65. The Morgan fingerprint density at radius 1 is 1.53 bits per heavy atom. The van der Waals surface area contributed by atoms with E-state index in [1.165, 1.54) is 18.6 Å².